The van der Waals surface area contributed by atoms with E-state index in [-0.39, 0.29) is 24.7 Å². The zero-order chi connectivity index (χ0) is 18.8. The highest BCUT2D eigenvalue weighted by molar-refractivity contribution is 6.12. The third-order valence-corrected chi connectivity index (χ3v) is 4.67. The summed E-state index contributed by atoms with van der Waals surface area (Å²) in [5, 5.41) is 34.3. The van der Waals surface area contributed by atoms with Crippen LogP contribution < -0.4 is 0 Å². The molecule has 3 N–H and O–H groups in total. The van der Waals surface area contributed by atoms with Gasteiger partial charge in [0.2, 0.25) is 0 Å². The van der Waals surface area contributed by atoms with E-state index in [0.29, 0.717) is 16.7 Å². The average molecular weight is 357 g/mol. The normalized spacial score (nSPS) is 11.6. The molecule has 0 aliphatic heterocycles. The number of aliphatic imine (C=N–C) groups is 1. The number of aliphatic hydroxyl groups is 1. The van der Waals surface area contributed by atoms with Crippen molar-refractivity contribution in [3.63, 3.8) is 0 Å². The zero-order valence-electron chi connectivity index (χ0n) is 14.6. The van der Waals surface area contributed by atoms with E-state index in [1.807, 2.05) is 60.7 Å². The summed E-state index contributed by atoms with van der Waals surface area (Å²) in [6.07, 6.45) is 1.56. The lowest BCUT2D eigenvalue weighted by molar-refractivity contribution is 0.307. The number of fused-ring (bicyclic) bond motifs is 2. The van der Waals surface area contributed by atoms with Crippen LogP contribution in [0.2, 0.25) is 0 Å². The average Bonchev–Trinajstić information content (AvgIpc) is 2.69. The Kier molecular flexibility index (Phi) is 4.48. The van der Waals surface area contributed by atoms with Crippen LogP contribution in [0.4, 0.5) is 0 Å². The van der Waals surface area contributed by atoms with Crippen LogP contribution in [0.3, 0.4) is 0 Å². The minimum absolute atomic E-state index is 0.0538. The Hall–Kier alpha value is -3.37. The smallest absolute Gasteiger partial charge is 0.132 e. The summed E-state index contributed by atoms with van der Waals surface area (Å²) < 4.78 is 0. The molecule has 0 spiro atoms. The minimum Gasteiger partial charge on any atom is -0.507 e. The molecular formula is C23H19NO3. The number of aliphatic hydroxyl groups excluding tert-OH is 1. The van der Waals surface area contributed by atoms with E-state index in [1.54, 1.807) is 12.3 Å². The third-order valence-electron chi connectivity index (χ3n) is 4.67. The second-order valence-corrected chi connectivity index (χ2v) is 6.35. The largest absolute Gasteiger partial charge is 0.507 e. The molecule has 0 unspecified atom stereocenters. The molecule has 0 heterocycles. The molecule has 4 heteroatoms. The first-order valence-electron chi connectivity index (χ1n) is 8.77. The van der Waals surface area contributed by atoms with Gasteiger partial charge in [0.05, 0.1) is 13.2 Å². The van der Waals surface area contributed by atoms with Crippen LogP contribution in [-0.4, -0.2) is 34.7 Å². The quantitative estimate of drug-likeness (QED) is 0.471. The lowest BCUT2D eigenvalue weighted by Crippen LogP contribution is -1.93. The monoisotopic (exact) mass is 357 g/mol. The Morgan fingerprint density at radius 2 is 1.44 bits per heavy atom. The Bertz CT molecular complexity index is 1170. The van der Waals surface area contributed by atoms with Crippen LogP contribution in [-0.2, 0) is 0 Å². The van der Waals surface area contributed by atoms with Gasteiger partial charge in [-0.1, -0.05) is 54.6 Å². The number of phenolic OH excluding ortho intramolecular Hbond substituents is 2. The van der Waals surface area contributed by atoms with Crippen LogP contribution >= 0.6 is 0 Å². The van der Waals surface area contributed by atoms with Gasteiger partial charge in [-0.25, -0.2) is 0 Å². The van der Waals surface area contributed by atoms with Crippen molar-refractivity contribution in [2.24, 2.45) is 4.99 Å². The van der Waals surface area contributed by atoms with Crippen LogP contribution in [0.1, 0.15) is 5.56 Å². The van der Waals surface area contributed by atoms with Crippen molar-refractivity contribution >= 4 is 27.8 Å². The Balaban J connectivity index is 2.10. The highest BCUT2D eigenvalue weighted by Crippen LogP contribution is 2.45. The molecule has 0 bridgehead atoms. The maximum Gasteiger partial charge on any atom is 0.132 e. The number of aromatic hydroxyl groups is 2. The van der Waals surface area contributed by atoms with Gasteiger partial charge >= 0.3 is 0 Å². The van der Waals surface area contributed by atoms with Gasteiger partial charge in [0, 0.05) is 22.9 Å². The SMILES string of the molecule is OCCN=Cc1cc2ccccc2c(-c2c(O)ccc3ccccc23)c1O. The Labute approximate surface area is 156 Å². The van der Waals surface area contributed by atoms with Gasteiger partial charge in [-0.3, -0.25) is 4.99 Å². The first-order chi connectivity index (χ1) is 13.2. The summed E-state index contributed by atoms with van der Waals surface area (Å²) in [6.45, 7) is 0.211. The number of nitrogens with zero attached hydrogens (tertiary/aromatic N) is 1. The topological polar surface area (TPSA) is 73.1 Å². The molecule has 0 saturated heterocycles. The van der Waals surface area contributed by atoms with Crippen molar-refractivity contribution in [1.82, 2.24) is 0 Å². The standard InChI is InChI=1S/C23H19NO3/c25-12-11-24-14-17-13-16-6-2-4-8-19(16)22(23(17)27)21-18-7-3-1-5-15(18)9-10-20(21)26/h1-10,13-14,25-27H,11-12H2. The summed E-state index contributed by atoms with van der Waals surface area (Å²) in [5.74, 6) is 0.167. The fourth-order valence-electron chi connectivity index (χ4n) is 3.45. The second kappa shape index (κ2) is 7.09. The number of hydrogen-bond acceptors (Lipinski definition) is 4. The highest BCUT2D eigenvalue weighted by Gasteiger charge is 2.18. The molecule has 4 nitrogen and oxygen atoms in total. The molecule has 4 aromatic rings. The molecule has 0 amide bonds. The van der Waals surface area contributed by atoms with E-state index >= 15 is 0 Å². The van der Waals surface area contributed by atoms with Gasteiger partial charge in [-0.2, -0.15) is 0 Å². The van der Waals surface area contributed by atoms with Gasteiger partial charge in [0.1, 0.15) is 11.5 Å². The van der Waals surface area contributed by atoms with Crippen molar-refractivity contribution in [2.45, 2.75) is 0 Å². The fraction of sp³-hybridized carbons (Fsp3) is 0.0870. The van der Waals surface area contributed by atoms with Gasteiger partial charge in [-0.05, 0) is 33.7 Å². The lowest BCUT2D eigenvalue weighted by Gasteiger charge is -2.16. The summed E-state index contributed by atoms with van der Waals surface area (Å²) in [4.78, 5) is 4.15. The molecule has 0 saturated carbocycles. The maximum absolute atomic E-state index is 11.1. The van der Waals surface area contributed by atoms with Gasteiger partial charge in [-0.15, -0.1) is 0 Å². The van der Waals surface area contributed by atoms with Crippen LogP contribution in [0, 0.1) is 0 Å². The van der Waals surface area contributed by atoms with Crippen molar-refractivity contribution in [3.8, 4) is 22.6 Å². The van der Waals surface area contributed by atoms with E-state index in [1.165, 1.54) is 0 Å². The number of rotatable bonds is 4. The predicted octanol–water partition coefficient (Wildman–Crippen LogP) is 4.48. The van der Waals surface area contributed by atoms with E-state index in [9.17, 15) is 10.2 Å². The highest BCUT2D eigenvalue weighted by atomic mass is 16.3. The maximum atomic E-state index is 11.1. The van der Waals surface area contributed by atoms with E-state index in [2.05, 4.69) is 4.99 Å². The van der Waals surface area contributed by atoms with Gasteiger partial charge in [0.15, 0.2) is 0 Å². The Morgan fingerprint density at radius 1 is 0.778 bits per heavy atom. The van der Waals surface area contributed by atoms with Gasteiger partial charge in [0.25, 0.3) is 0 Å². The first-order valence-corrected chi connectivity index (χ1v) is 8.77. The molecule has 0 radical (unpaired) electrons. The van der Waals surface area contributed by atoms with E-state index < -0.39 is 0 Å². The van der Waals surface area contributed by atoms with Crippen molar-refractivity contribution < 1.29 is 15.3 Å². The summed E-state index contributed by atoms with van der Waals surface area (Å²) in [7, 11) is 0. The molecule has 4 aromatic carbocycles. The molecule has 0 aliphatic carbocycles. The van der Waals surface area contributed by atoms with Crippen molar-refractivity contribution in [3.05, 3.63) is 72.3 Å². The molecule has 0 aromatic heterocycles. The third kappa shape index (κ3) is 3.00. The predicted molar refractivity (Wildman–Crippen MR) is 110 cm³/mol. The molecule has 4 rings (SSSR count). The molecule has 0 fully saturated rings. The van der Waals surface area contributed by atoms with E-state index in [0.717, 1.165) is 21.5 Å². The van der Waals surface area contributed by atoms with Crippen LogP contribution in [0.15, 0.2) is 71.7 Å². The van der Waals surface area contributed by atoms with Gasteiger partial charge < -0.3 is 15.3 Å². The van der Waals surface area contributed by atoms with Crippen LogP contribution in [0.5, 0.6) is 11.5 Å². The molecule has 27 heavy (non-hydrogen) atoms. The zero-order valence-corrected chi connectivity index (χ0v) is 14.6. The molecule has 0 atom stereocenters. The first kappa shape index (κ1) is 17.1. The number of benzene rings is 4. The van der Waals surface area contributed by atoms with Crippen LogP contribution in [0.25, 0.3) is 32.7 Å². The van der Waals surface area contributed by atoms with Crippen molar-refractivity contribution in [1.29, 1.82) is 0 Å². The molecule has 134 valence electrons. The molecular weight excluding hydrogens is 338 g/mol. The molecule has 0 aliphatic rings. The number of phenols is 2. The summed E-state index contributed by atoms with van der Waals surface area (Å²) in [6, 6.07) is 20.9. The Morgan fingerprint density at radius 3 is 2.19 bits per heavy atom. The fourth-order valence-corrected chi connectivity index (χ4v) is 3.45. The summed E-state index contributed by atoms with van der Waals surface area (Å²) >= 11 is 0. The number of hydrogen-bond donors (Lipinski definition) is 3. The second-order valence-electron chi connectivity index (χ2n) is 6.35. The minimum atomic E-state index is -0.0538. The van der Waals surface area contributed by atoms with E-state index in [4.69, 9.17) is 5.11 Å². The van der Waals surface area contributed by atoms with Crippen molar-refractivity contribution in [2.75, 3.05) is 13.2 Å². The lowest BCUT2D eigenvalue weighted by atomic mass is 9.90. The summed E-state index contributed by atoms with van der Waals surface area (Å²) in [5.41, 5.74) is 1.72.